The Morgan fingerprint density at radius 1 is 1.28 bits per heavy atom. The third-order valence-corrected chi connectivity index (χ3v) is 2.89. The number of benzene rings is 1. The van der Waals surface area contributed by atoms with Gasteiger partial charge < -0.3 is 10.0 Å². The lowest BCUT2D eigenvalue weighted by molar-refractivity contribution is -0.132. The van der Waals surface area contributed by atoms with E-state index in [-0.39, 0.29) is 5.57 Å². The Labute approximate surface area is 109 Å². The second-order valence-corrected chi connectivity index (χ2v) is 4.33. The molecule has 0 aliphatic rings. The van der Waals surface area contributed by atoms with Crippen LogP contribution in [-0.2, 0) is 4.79 Å². The third kappa shape index (κ3) is 4.62. The highest BCUT2D eigenvalue weighted by molar-refractivity contribution is 5.85. The molecule has 0 aliphatic carbocycles. The maximum atomic E-state index is 10.7. The number of anilines is 1. The van der Waals surface area contributed by atoms with Crippen molar-refractivity contribution in [2.75, 3.05) is 18.0 Å². The standard InChI is InChI=1S/C15H21NO2/c1-3-4-11-16(12-10-13(2)15(17)18)14-8-6-5-7-9-14/h5-9H,2-4,10-12H2,1H3,(H,17,18). The second kappa shape index (κ2) is 7.54. The average molecular weight is 247 g/mol. The Bertz CT molecular complexity index is 387. The Hall–Kier alpha value is -1.77. The van der Waals surface area contributed by atoms with Gasteiger partial charge in [0.05, 0.1) is 0 Å². The number of carbonyl (C=O) groups is 1. The molecule has 0 saturated carbocycles. The monoisotopic (exact) mass is 247 g/mol. The van der Waals surface area contributed by atoms with Gasteiger partial charge in [0.25, 0.3) is 0 Å². The van der Waals surface area contributed by atoms with Crippen LogP contribution in [0.3, 0.4) is 0 Å². The number of aliphatic carboxylic acids is 1. The second-order valence-electron chi connectivity index (χ2n) is 4.33. The summed E-state index contributed by atoms with van der Waals surface area (Å²) in [5.41, 5.74) is 1.41. The number of rotatable bonds is 8. The van der Waals surface area contributed by atoms with Crippen LogP contribution in [0.5, 0.6) is 0 Å². The summed E-state index contributed by atoms with van der Waals surface area (Å²) in [7, 11) is 0. The average Bonchev–Trinajstić information content (AvgIpc) is 2.39. The van der Waals surface area contributed by atoms with Gasteiger partial charge in [-0.3, -0.25) is 0 Å². The first-order chi connectivity index (χ1) is 8.65. The number of hydrogen-bond donors (Lipinski definition) is 1. The zero-order valence-corrected chi connectivity index (χ0v) is 10.9. The molecule has 1 aromatic carbocycles. The van der Waals surface area contributed by atoms with Crippen molar-refractivity contribution in [1.29, 1.82) is 0 Å². The topological polar surface area (TPSA) is 40.5 Å². The lowest BCUT2D eigenvalue weighted by Crippen LogP contribution is -2.26. The fraction of sp³-hybridized carbons (Fsp3) is 0.400. The Morgan fingerprint density at radius 2 is 1.94 bits per heavy atom. The molecule has 3 nitrogen and oxygen atoms in total. The van der Waals surface area contributed by atoms with Crippen molar-refractivity contribution in [3.05, 3.63) is 42.5 Å². The Kier molecular flexibility index (Phi) is 5.98. The van der Waals surface area contributed by atoms with Gasteiger partial charge in [-0.05, 0) is 25.0 Å². The minimum atomic E-state index is -0.904. The number of para-hydroxylation sites is 1. The zero-order chi connectivity index (χ0) is 13.4. The molecule has 0 aliphatic heterocycles. The molecule has 1 aromatic rings. The van der Waals surface area contributed by atoms with E-state index >= 15 is 0 Å². The molecular formula is C15H21NO2. The molecule has 0 aromatic heterocycles. The van der Waals surface area contributed by atoms with Gasteiger partial charge in [-0.1, -0.05) is 38.1 Å². The minimum absolute atomic E-state index is 0.271. The van der Waals surface area contributed by atoms with Crippen molar-refractivity contribution in [1.82, 2.24) is 0 Å². The van der Waals surface area contributed by atoms with Crippen LogP contribution < -0.4 is 4.90 Å². The van der Waals surface area contributed by atoms with Crippen LogP contribution >= 0.6 is 0 Å². The van der Waals surface area contributed by atoms with Gasteiger partial charge in [-0.25, -0.2) is 4.79 Å². The van der Waals surface area contributed by atoms with Crippen molar-refractivity contribution in [3.63, 3.8) is 0 Å². The molecule has 1 N–H and O–H groups in total. The fourth-order valence-electron chi connectivity index (χ4n) is 1.73. The van der Waals surface area contributed by atoms with Gasteiger partial charge in [-0.15, -0.1) is 0 Å². The van der Waals surface area contributed by atoms with Crippen LogP contribution in [0.25, 0.3) is 0 Å². The van der Waals surface area contributed by atoms with E-state index in [9.17, 15) is 4.79 Å². The maximum Gasteiger partial charge on any atom is 0.331 e. The van der Waals surface area contributed by atoms with Crippen LogP contribution in [-0.4, -0.2) is 24.2 Å². The largest absolute Gasteiger partial charge is 0.478 e. The van der Waals surface area contributed by atoms with Crippen molar-refractivity contribution < 1.29 is 9.90 Å². The lowest BCUT2D eigenvalue weighted by Gasteiger charge is -2.24. The molecule has 0 atom stereocenters. The van der Waals surface area contributed by atoms with Crippen molar-refractivity contribution >= 4 is 11.7 Å². The molecule has 0 saturated heterocycles. The molecule has 3 heteroatoms. The first kappa shape index (κ1) is 14.3. The van der Waals surface area contributed by atoms with Gasteiger partial charge in [0.1, 0.15) is 0 Å². The summed E-state index contributed by atoms with van der Waals surface area (Å²) in [6.07, 6.45) is 2.73. The first-order valence-corrected chi connectivity index (χ1v) is 6.36. The number of hydrogen-bond acceptors (Lipinski definition) is 2. The lowest BCUT2D eigenvalue weighted by atomic mass is 10.2. The van der Waals surface area contributed by atoms with Crippen molar-refractivity contribution in [3.8, 4) is 0 Å². The Morgan fingerprint density at radius 3 is 2.50 bits per heavy atom. The molecule has 0 amide bonds. The van der Waals surface area contributed by atoms with E-state index in [4.69, 9.17) is 5.11 Å². The zero-order valence-electron chi connectivity index (χ0n) is 10.9. The molecular weight excluding hydrogens is 226 g/mol. The van der Waals surface area contributed by atoms with Gasteiger partial charge in [0.15, 0.2) is 0 Å². The molecule has 98 valence electrons. The minimum Gasteiger partial charge on any atom is -0.478 e. The van der Waals surface area contributed by atoms with Crippen LogP contribution in [0.4, 0.5) is 5.69 Å². The summed E-state index contributed by atoms with van der Waals surface area (Å²) in [4.78, 5) is 13.0. The van der Waals surface area contributed by atoms with Gasteiger partial charge in [0, 0.05) is 24.4 Å². The molecule has 18 heavy (non-hydrogen) atoms. The number of unbranched alkanes of at least 4 members (excludes halogenated alkanes) is 1. The van der Waals surface area contributed by atoms with E-state index in [2.05, 4.69) is 30.5 Å². The summed E-state index contributed by atoms with van der Waals surface area (Å²) < 4.78 is 0. The highest BCUT2D eigenvalue weighted by Crippen LogP contribution is 2.15. The molecule has 1 rings (SSSR count). The van der Waals surface area contributed by atoms with Crippen molar-refractivity contribution in [2.45, 2.75) is 26.2 Å². The highest BCUT2D eigenvalue weighted by atomic mass is 16.4. The molecule has 0 spiro atoms. The molecule has 0 bridgehead atoms. The Balaban J connectivity index is 2.62. The highest BCUT2D eigenvalue weighted by Gasteiger charge is 2.09. The van der Waals surface area contributed by atoms with E-state index in [1.165, 1.54) is 0 Å². The molecule has 0 fully saturated rings. The molecule has 0 radical (unpaired) electrons. The predicted molar refractivity (Wildman–Crippen MR) is 75.0 cm³/mol. The van der Waals surface area contributed by atoms with Crippen LogP contribution in [0, 0.1) is 0 Å². The van der Waals surface area contributed by atoms with Gasteiger partial charge >= 0.3 is 5.97 Å². The van der Waals surface area contributed by atoms with Gasteiger partial charge in [0.2, 0.25) is 0 Å². The van der Waals surface area contributed by atoms with E-state index in [0.29, 0.717) is 13.0 Å². The van der Waals surface area contributed by atoms with E-state index < -0.39 is 5.97 Å². The number of carboxylic acids is 1. The smallest absolute Gasteiger partial charge is 0.331 e. The normalized spacial score (nSPS) is 10.1. The van der Waals surface area contributed by atoms with E-state index in [0.717, 1.165) is 25.1 Å². The first-order valence-electron chi connectivity index (χ1n) is 6.36. The predicted octanol–water partition coefficient (Wildman–Crippen LogP) is 3.32. The maximum absolute atomic E-state index is 10.7. The van der Waals surface area contributed by atoms with Crippen LogP contribution in [0.1, 0.15) is 26.2 Å². The number of carboxylic acid groups (broad SMARTS) is 1. The quantitative estimate of drug-likeness (QED) is 0.716. The van der Waals surface area contributed by atoms with E-state index in [1.807, 2.05) is 18.2 Å². The third-order valence-electron chi connectivity index (χ3n) is 2.89. The van der Waals surface area contributed by atoms with Crippen LogP contribution in [0.15, 0.2) is 42.5 Å². The summed E-state index contributed by atoms with van der Waals surface area (Å²) in [6, 6.07) is 10.1. The summed E-state index contributed by atoms with van der Waals surface area (Å²) in [6.45, 7) is 7.38. The van der Waals surface area contributed by atoms with Crippen molar-refractivity contribution in [2.24, 2.45) is 0 Å². The van der Waals surface area contributed by atoms with E-state index in [1.54, 1.807) is 0 Å². The summed E-state index contributed by atoms with van der Waals surface area (Å²) >= 11 is 0. The molecule has 0 heterocycles. The fourth-order valence-corrected chi connectivity index (χ4v) is 1.73. The van der Waals surface area contributed by atoms with Crippen LogP contribution in [0.2, 0.25) is 0 Å². The summed E-state index contributed by atoms with van der Waals surface area (Å²) in [5.74, 6) is -0.904. The molecule has 0 unspecified atom stereocenters. The van der Waals surface area contributed by atoms with Gasteiger partial charge in [-0.2, -0.15) is 0 Å². The summed E-state index contributed by atoms with van der Waals surface area (Å²) in [5, 5.41) is 8.82. The number of nitrogens with zero attached hydrogens (tertiary/aromatic N) is 1. The SMILES string of the molecule is C=C(CCN(CCCC)c1ccccc1)C(=O)O.